The Morgan fingerprint density at radius 3 is 2.86 bits per heavy atom. The van der Waals surface area contributed by atoms with E-state index < -0.39 is 0 Å². The molecule has 1 amide bonds. The number of phenols is 1. The zero-order chi connectivity index (χ0) is 19.7. The molecule has 5 nitrogen and oxygen atoms in total. The van der Waals surface area contributed by atoms with Crippen LogP contribution in [0.4, 0.5) is 0 Å². The van der Waals surface area contributed by atoms with Crippen molar-refractivity contribution in [3.63, 3.8) is 0 Å². The van der Waals surface area contributed by atoms with Crippen LogP contribution in [0.15, 0.2) is 42.5 Å². The number of amides is 1. The maximum atomic E-state index is 12.6. The molecule has 2 aliphatic rings. The molecular weight excluding hydrogens is 352 g/mol. The van der Waals surface area contributed by atoms with Crippen LogP contribution in [0.2, 0.25) is 0 Å². The molecule has 2 aromatic carbocycles. The molecule has 0 unspecified atom stereocenters. The molecule has 4 rings (SSSR count). The van der Waals surface area contributed by atoms with Crippen LogP contribution in [0.25, 0.3) is 0 Å². The van der Waals surface area contributed by atoms with Gasteiger partial charge in [0.1, 0.15) is 5.75 Å². The molecule has 5 heteroatoms. The number of rotatable bonds is 2. The van der Waals surface area contributed by atoms with E-state index in [4.69, 9.17) is 4.74 Å². The van der Waals surface area contributed by atoms with E-state index in [9.17, 15) is 9.90 Å². The highest BCUT2D eigenvalue weighted by molar-refractivity contribution is 5.76. The van der Waals surface area contributed by atoms with E-state index in [1.807, 2.05) is 30.3 Å². The number of aromatic hydroxyl groups is 1. The number of carbonyl (C=O) groups excluding carboxylic acids is 1. The lowest BCUT2D eigenvalue weighted by Crippen LogP contribution is -2.40. The molecule has 0 aliphatic carbocycles. The first-order valence-corrected chi connectivity index (χ1v) is 10.1. The zero-order valence-corrected chi connectivity index (χ0v) is 16.5. The topological polar surface area (TPSA) is 61.8 Å². The Balaban J connectivity index is 1.69. The number of nitrogens with zero attached hydrogens (tertiary/aromatic N) is 1. The Kier molecular flexibility index (Phi) is 5.27. The molecule has 0 saturated carbocycles. The summed E-state index contributed by atoms with van der Waals surface area (Å²) in [6, 6.07) is 13.4. The lowest BCUT2D eigenvalue weighted by Gasteiger charge is -2.20. The minimum Gasteiger partial charge on any atom is -0.504 e. The number of phenolic OH excluding ortho intramolecular Hbond substituents is 1. The van der Waals surface area contributed by atoms with Gasteiger partial charge in [-0.15, -0.1) is 0 Å². The Labute approximate surface area is 166 Å². The summed E-state index contributed by atoms with van der Waals surface area (Å²) in [5.41, 5.74) is 2.13. The first-order valence-electron chi connectivity index (χ1n) is 10.1. The van der Waals surface area contributed by atoms with Crippen molar-refractivity contribution in [2.45, 2.75) is 38.6 Å². The van der Waals surface area contributed by atoms with Crippen molar-refractivity contribution in [2.75, 3.05) is 19.6 Å². The molecule has 2 atom stereocenters. The lowest BCUT2D eigenvalue weighted by molar-refractivity contribution is -0.121. The van der Waals surface area contributed by atoms with Crippen molar-refractivity contribution in [1.82, 2.24) is 10.2 Å². The van der Waals surface area contributed by atoms with Crippen molar-refractivity contribution in [2.24, 2.45) is 5.92 Å². The molecule has 1 saturated heterocycles. The van der Waals surface area contributed by atoms with Gasteiger partial charge in [-0.05, 0) is 47.7 Å². The van der Waals surface area contributed by atoms with Crippen LogP contribution >= 0.6 is 0 Å². The monoisotopic (exact) mass is 380 g/mol. The van der Waals surface area contributed by atoms with Gasteiger partial charge in [0.25, 0.3) is 0 Å². The van der Waals surface area contributed by atoms with Crippen LogP contribution in [0.3, 0.4) is 0 Å². The molecule has 0 aromatic heterocycles. The molecule has 4 bridgehead atoms. The first kappa shape index (κ1) is 18.8. The second kappa shape index (κ2) is 7.84. The molecule has 148 valence electrons. The van der Waals surface area contributed by atoms with E-state index in [0.717, 1.165) is 30.8 Å². The Hall–Kier alpha value is -2.53. The van der Waals surface area contributed by atoms with Crippen LogP contribution in [0, 0.1) is 5.92 Å². The average Bonchev–Trinajstić information content (AvgIpc) is 3.03. The van der Waals surface area contributed by atoms with Crippen molar-refractivity contribution in [3.8, 4) is 17.2 Å². The van der Waals surface area contributed by atoms with E-state index >= 15 is 0 Å². The van der Waals surface area contributed by atoms with Gasteiger partial charge < -0.3 is 20.1 Å². The normalized spacial score (nSPS) is 22.5. The second-order valence-corrected chi connectivity index (χ2v) is 8.37. The fourth-order valence-electron chi connectivity index (χ4n) is 4.30. The maximum absolute atomic E-state index is 12.6. The molecule has 2 N–H and O–H groups in total. The van der Waals surface area contributed by atoms with Crippen LogP contribution in [0.5, 0.6) is 17.2 Å². The third-order valence-corrected chi connectivity index (χ3v) is 5.54. The average molecular weight is 380 g/mol. The Morgan fingerprint density at radius 1 is 1.18 bits per heavy atom. The highest BCUT2D eigenvalue weighted by Gasteiger charge is 2.35. The summed E-state index contributed by atoms with van der Waals surface area (Å²) in [7, 11) is 0. The summed E-state index contributed by atoms with van der Waals surface area (Å²) in [4.78, 5) is 15.1. The van der Waals surface area contributed by atoms with Crippen LogP contribution < -0.4 is 10.1 Å². The minimum atomic E-state index is 0.0762. The zero-order valence-electron chi connectivity index (χ0n) is 16.5. The van der Waals surface area contributed by atoms with E-state index in [1.54, 1.807) is 6.07 Å². The molecule has 0 radical (unpaired) electrons. The number of ether oxygens (including phenoxy) is 1. The molecule has 2 aromatic rings. The number of fused-ring (bicyclic) bond motifs is 6. The van der Waals surface area contributed by atoms with Gasteiger partial charge in [0.2, 0.25) is 5.91 Å². The maximum Gasteiger partial charge on any atom is 0.220 e. The largest absolute Gasteiger partial charge is 0.504 e. The van der Waals surface area contributed by atoms with Gasteiger partial charge in [0, 0.05) is 38.0 Å². The van der Waals surface area contributed by atoms with Crippen molar-refractivity contribution < 1.29 is 14.6 Å². The number of hydrogen-bond donors (Lipinski definition) is 2. The van der Waals surface area contributed by atoms with Gasteiger partial charge in [-0.3, -0.25) is 4.79 Å². The van der Waals surface area contributed by atoms with E-state index in [-0.39, 0.29) is 23.6 Å². The molecule has 1 fully saturated rings. The highest BCUT2D eigenvalue weighted by Crippen LogP contribution is 2.35. The number of carbonyl (C=O) groups is 1. The van der Waals surface area contributed by atoms with Crippen LogP contribution in [0.1, 0.15) is 37.3 Å². The van der Waals surface area contributed by atoms with Crippen LogP contribution in [-0.4, -0.2) is 41.6 Å². The molecule has 0 spiro atoms. The number of likely N-dealkylation sites (tertiary alicyclic amines) is 1. The smallest absolute Gasteiger partial charge is 0.220 e. The molecular formula is C23H28N2O3. The quantitative estimate of drug-likeness (QED) is 0.835. The van der Waals surface area contributed by atoms with Gasteiger partial charge in [-0.1, -0.05) is 32.0 Å². The van der Waals surface area contributed by atoms with Gasteiger partial charge in [0.15, 0.2) is 11.5 Å². The summed E-state index contributed by atoms with van der Waals surface area (Å²) >= 11 is 0. The fraction of sp³-hybridized carbons (Fsp3) is 0.435. The van der Waals surface area contributed by atoms with Gasteiger partial charge >= 0.3 is 0 Å². The van der Waals surface area contributed by atoms with Gasteiger partial charge in [-0.2, -0.15) is 0 Å². The van der Waals surface area contributed by atoms with Crippen molar-refractivity contribution >= 4 is 5.91 Å². The number of aryl methyl sites for hydroxylation is 1. The second-order valence-electron chi connectivity index (χ2n) is 8.37. The van der Waals surface area contributed by atoms with Gasteiger partial charge in [-0.25, -0.2) is 0 Å². The van der Waals surface area contributed by atoms with Crippen LogP contribution in [-0.2, 0) is 11.2 Å². The molecule has 28 heavy (non-hydrogen) atoms. The molecule has 2 heterocycles. The minimum absolute atomic E-state index is 0.0762. The first-order chi connectivity index (χ1) is 13.5. The molecule has 2 aliphatic heterocycles. The third kappa shape index (κ3) is 4.14. The predicted molar refractivity (Wildman–Crippen MR) is 109 cm³/mol. The van der Waals surface area contributed by atoms with Crippen molar-refractivity contribution in [1.29, 1.82) is 0 Å². The predicted octanol–water partition coefficient (Wildman–Crippen LogP) is 3.67. The summed E-state index contributed by atoms with van der Waals surface area (Å²) in [6.07, 6.45) is 1.04. The lowest BCUT2D eigenvalue weighted by atomic mass is 9.94. The summed E-state index contributed by atoms with van der Waals surface area (Å²) in [6.45, 7) is 7.26. The third-order valence-electron chi connectivity index (χ3n) is 5.54. The van der Waals surface area contributed by atoms with Crippen molar-refractivity contribution in [3.05, 3.63) is 53.6 Å². The Bertz CT molecular complexity index is 865. The number of hydrogen-bond acceptors (Lipinski definition) is 4. The highest BCUT2D eigenvalue weighted by atomic mass is 16.5. The van der Waals surface area contributed by atoms with E-state index in [2.05, 4.69) is 30.1 Å². The van der Waals surface area contributed by atoms with Gasteiger partial charge in [0.05, 0.1) is 0 Å². The summed E-state index contributed by atoms with van der Waals surface area (Å²) in [5.74, 6) is 2.13. The van der Waals surface area contributed by atoms with E-state index in [0.29, 0.717) is 30.3 Å². The Morgan fingerprint density at radius 2 is 2.04 bits per heavy atom. The standard InChI is InChI=1S/C23H28N2O3/c1-15(2)12-25-13-19-17-4-3-5-18(11-17)28-22-10-16(6-8-21(22)26)7-9-23(27)24-20(19)14-25/h3-6,8,10-11,15,19-20,26H,7,9,12-14H2,1-2H3,(H,24,27)/t19-,20+/m0/s1. The SMILES string of the molecule is CC(C)CN1C[C@H]2NC(=O)CCc3ccc(O)c(c3)Oc3cccc(c3)[C@@H]2C1. The number of benzene rings is 2. The van der Waals surface area contributed by atoms with E-state index in [1.165, 1.54) is 0 Å². The summed E-state index contributed by atoms with van der Waals surface area (Å²) in [5, 5.41) is 13.4. The number of nitrogens with one attached hydrogen (secondary N) is 1. The fourth-order valence-corrected chi connectivity index (χ4v) is 4.30. The summed E-state index contributed by atoms with van der Waals surface area (Å²) < 4.78 is 6.00.